The van der Waals surface area contributed by atoms with Gasteiger partial charge in [0.1, 0.15) is 11.5 Å². The van der Waals surface area contributed by atoms with Gasteiger partial charge in [-0.1, -0.05) is 24.3 Å². The molecule has 1 atom stereocenters. The number of amides is 1. The number of nitrogens with one attached hydrogen (secondary N) is 1. The highest BCUT2D eigenvalue weighted by Crippen LogP contribution is 2.34. The first-order valence-electron chi connectivity index (χ1n) is 10.0. The van der Waals surface area contributed by atoms with Gasteiger partial charge < -0.3 is 14.8 Å². The van der Waals surface area contributed by atoms with Crippen LogP contribution in [-0.2, 0) is 21.2 Å². The molecule has 0 bridgehead atoms. The van der Waals surface area contributed by atoms with Gasteiger partial charge in [0, 0.05) is 6.54 Å². The number of para-hydroxylation sites is 2. The van der Waals surface area contributed by atoms with Crippen LogP contribution in [0.4, 0.5) is 5.69 Å². The quantitative estimate of drug-likeness (QED) is 0.649. The molecule has 1 unspecified atom stereocenters. The second kappa shape index (κ2) is 9.38. The zero-order chi connectivity index (χ0) is 21.7. The Morgan fingerprint density at radius 1 is 1.23 bits per heavy atom. The number of carbonyl (C=O) groups excluding carboxylic acids is 1. The number of ether oxygens (including phenoxy) is 2. The maximum Gasteiger partial charge on any atom is 0.263 e. The minimum absolute atomic E-state index is 0.0454. The van der Waals surface area contributed by atoms with E-state index < -0.39 is 16.1 Å². The van der Waals surface area contributed by atoms with Crippen molar-refractivity contribution in [3.8, 4) is 11.5 Å². The fourth-order valence-electron chi connectivity index (χ4n) is 3.32. The van der Waals surface area contributed by atoms with Gasteiger partial charge in [-0.2, -0.15) is 0 Å². The molecule has 0 radical (unpaired) electrons. The van der Waals surface area contributed by atoms with Gasteiger partial charge in [0.15, 0.2) is 6.10 Å². The van der Waals surface area contributed by atoms with Crippen molar-refractivity contribution in [2.75, 3.05) is 23.7 Å². The van der Waals surface area contributed by atoms with Crippen molar-refractivity contribution in [2.45, 2.75) is 38.9 Å². The van der Waals surface area contributed by atoms with Gasteiger partial charge >= 0.3 is 0 Å². The summed E-state index contributed by atoms with van der Waals surface area (Å²) in [5, 5.41) is 2.86. The van der Waals surface area contributed by atoms with E-state index in [1.807, 2.05) is 38.1 Å². The number of anilines is 1. The summed E-state index contributed by atoms with van der Waals surface area (Å²) in [6, 6.07) is 14.7. The summed E-state index contributed by atoms with van der Waals surface area (Å²) < 4.78 is 37.0. The maximum atomic E-state index is 12.6. The summed E-state index contributed by atoms with van der Waals surface area (Å²) in [4.78, 5) is 12.6. The lowest BCUT2D eigenvalue weighted by atomic mass is 10.1. The van der Waals surface area contributed by atoms with Crippen molar-refractivity contribution in [3.05, 3.63) is 54.1 Å². The van der Waals surface area contributed by atoms with E-state index in [-0.39, 0.29) is 18.6 Å². The summed E-state index contributed by atoms with van der Waals surface area (Å²) in [7, 11) is -3.52. The van der Waals surface area contributed by atoms with Crippen LogP contribution in [0.2, 0.25) is 0 Å². The van der Waals surface area contributed by atoms with Crippen molar-refractivity contribution in [2.24, 2.45) is 0 Å². The molecule has 0 fully saturated rings. The van der Waals surface area contributed by atoms with Crippen LogP contribution in [0.1, 0.15) is 25.8 Å². The molecule has 0 spiro atoms. The maximum absolute atomic E-state index is 12.6. The van der Waals surface area contributed by atoms with E-state index in [4.69, 9.17) is 9.47 Å². The molecule has 162 valence electrons. The van der Waals surface area contributed by atoms with Crippen LogP contribution in [-0.4, -0.2) is 45.9 Å². The average Bonchev–Trinajstić information content (AvgIpc) is 2.69. The van der Waals surface area contributed by atoms with Crippen molar-refractivity contribution in [3.63, 3.8) is 0 Å². The lowest BCUT2D eigenvalue weighted by Gasteiger charge is -2.33. The van der Waals surface area contributed by atoms with Gasteiger partial charge in [-0.05, 0) is 56.5 Å². The third kappa shape index (κ3) is 5.66. The molecule has 0 aliphatic carbocycles. The fraction of sp³-hybridized carbons (Fsp3) is 0.409. The number of benzene rings is 2. The Bertz CT molecular complexity index is 991. The van der Waals surface area contributed by atoms with Gasteiger partial charge in [-0.3, -0.25) is 9.10 Å². The van der Waals surface area contributed by atoms with Crippen LogP contribution in [0.25, 0.3) is 0 Å². The van der Waals surface area contributed by atoms with E-state index in [0.29, 0.717) is 18.0 Å². The van der Waals surface area contributed by atoms with Crippen LogP contribution in [0, 0.1) is 0 Å². The third-order valence-electron chi connectivity index (χ3n) is 4.64. The molecule has 0 aromatic heterocycles. The Labute approximate surface area is 178 Å². The van der Waals surface area contributed by atoms with Gasteiger partial charge in [0.25, 0.3) is 5.91 Å². The molecule has 1 N–H and O–H groups in total. The lowest BCUT2D eigenvalue weighted by Crippen LogP contribution is -2.50. The van der Waals surface area contributed by atoms with Crippen LogP contribution < -0.4 is 19.1 Å². The Balaban J connectivity index is 1.54. The third-order valence-corrected chi connectivity index (χ3v) is 5.79. The van der Waals surface area contributed by atoms with Crippen molar-refractivity contribution < 1.29 is 22.7 Å². The van der Waals surface area contributed by atoms with Gasteiger partial charge in [-0.15, -0.1) is 0 Å². The molecule has 7 nitrogen and oxygen atoms in total. The minimum Gasteiger partial charge on any atom is -0.491 e. The number of rotatable bonds is 8. The van der Waals surface area contributed by atoms with Gasteiger partial charge in [-0.25, -0.2) is 8.42 Å². The minimum atomic E-state index is -3.52. The molecule has 1 aliphatic rings. The van der Waals surface area contributed by atoms with E-state index in [2.05, 4.69) is 5.32 Å². The zero-order valence-electron chi connectivity index (χ0n) is 17.5. The van der Waals surface area contributed by atoms with Gasteiger partial charge in [0.05, 0.1) is 24.6 Å². The molecular weight excluding hydrogens is 404 g/mol. The number of hydrogen-bond acceptors (Lipinski definition) is 5. The smallest absolute Gasteiger partial charge is 0.263 e. The molecule has 1 amide bonds. The Morgan fingerprint density at radius 2 is 2.00 bits per heavy atom. The van der Waals surface area contributed by atoms with Crippen molar-refractivity contribution in [1.29, 1.82) is 0 Å². The normalized spacial score (nSPS) is 16.0. The molecule has 1 aliphatic heterocycles. The largest absolute Gasteiger partial charge is 0.491 e. The highest BCUT2D eigenvalue weighted by molar-refractivity contribution is 7.92. The predicted octanol–water partition coefficient (Wildman–Crippen LogP) is 2.75. The number of carbonyl (C=O) groups is 1. The summed E-state index contributed by atoms with van der Waals surface area (Å²) >= 11 is 0. The Hall–Kier alpha value is -2.74. The van der Waals surface area contributed by atoms with E-state index in [1.54, 1.807) is 24.3 Å². The summed E-state index contributed by atoms with van der Waals surface area (Å²) in [5.74, 6) is 0.896. The topological polar surface area (TPSA) is 84.9 Å². The predicted molar refractivity (Wildman–Crippen MR) is 117 cm³/mol. The molecule has 1 heterocycles. The van der Waals surface area contributed by atoms with E-state index in [9.17, 15) is 13.2 Å². The molecule has 2 aromatic carbocycles. The molecule has 0 saturated heterocycles. The number of hydrogen-bond donors (Lipinski definition) is 1. The number of aryl methyl sites for hydroxylation is 1. The fourth-order valence-corrected chi connectivity index (χ4v) is 4.23. The van der Waals surface area contributed by atoms with E-state index in [1.165, 1.54) is 4.31 Å². The average molecular weight is 433 g/mol. The first-order valence-corrected chi connectivity index (χ1v) is 11.9. The Morgan fingerprint density at radius 3 is 2.73 bits per heavy atom. The second-order valence-corrected chi connectivity index (χ2v) is 9.48. The lowest BCUT2D eigenvalue weighted by molar-refractivity contribution is -0.127. The van der Waals surface area contributed by atoms with E-state index in [0.717, 1.165) is 30.4 Å². The van der Waals surface area contributed by atoms with Crippen LogP contribution in [0.3, 0.4) is 0 Å². The zero-order valence-corrected chi connectivity index (χ0v) is 18.3. The highest BCUT2D eigenvalue weighted by atomic mass is 32.2. The standard InChI is InChI=1S/C22H28N2O5S/c1-16(2)28-18-10-6-8-17(14-18)9-7-13-23-22(25)21-15-24(30(3,26)27)19-11-4-5-12-20(19)29-21/h4-6,8,10-12,14,16,21H,7,9,13,15H2,1-3H3,(H,23,25). The molecule has 2 aromatic rings. The number of sulfonamides is 1. The number of fused-ring (bicyclic) bond motifs is 1. The molecule has 3 rings (SSSR count). The summed E-state index contributed by atoms with van der Waals surface area (Å²) in [5.41, 5.74) is 1.58. The van der Waals surface area contributed by atoms with E-state index >= 15 is 0 Å². The molecule has 8 heteroatoms. The number of nitrogens with zero attached hydrogens (tertiary/aromatic N) is 1. The summed E-state index contributed by atoms with van der Waals surface area (Å²) in [6.07, 6.45) is 1.89. The molecular formula is C22H28N2O5S. The molecule has 30 heavy (non-hydrogen) atoms. The molecule has 0 saturated carbocycles. The van der Waals surface area contributed by atoms with Crippen LogP contribution in [0.5, 0.6) is 11.5 Å². The second-order valence-electron chi connectivity index (χ2n) is 7.58. The summed E-state index contributed by atoms with van der Waals surface area (Å²) in [6.45, 7) is 4.39. The van der Waals surface area contributed by atoms with Crippen molar-refractivity contribution >= 4 is 21.6 Å². The van der Waals surface area contributed by atoms with Crippen molar-refractivity contribution in [1.82, 2.24) is 5.32 Å². The first-order chi connectivity index (χ1) is 14.2. The highest BCUT2D eigenvalue weighted by Gasteiger charge is 2.34. The Kier molecular flexibility index (Phi) is 6.87. The van der Waals surface area contributed by atoms with Crippen LogP contribution in [0.15, 0.2) is 48.5 Å². The van der Waals surface area contributed by atoms with Crippen LogP contribution >= 0.6 is 0 Å². The van der Waals surface area contributed by atoms with Gasteiger partial charge in [0.2, 0.25) is 10.0 Å². The SMILES string of the molecule is CC(C)Oc1cccc(CCCNC(=O)C2CN(S(C)(=O)=O)c3ccccc3O2)c1. The first kappa shape index (κ1) is 22.0. The monoisotopic (exact) mass is 432 g/mol.